The van der Waals surface area contributed by atoms with E-state index < -0.39 is 11.9 Å². The normalized spacial score (nSPS) is 10.4. The van der Waals surface area contributed by atoms with E-state index in [-0.39, 0.29) is 17.3 Å². The van der Waals surface area contributed by atoms with Gasteiger partial charge in [0.05, 0.1) is 12.2 Å². The molecule has 0 saturated carbocycles. The van der Waals surface area contributed by atoms with Crippen molar-refractivity contribution in [1.82, 2.24) is 10.3 Å². The van der Waals surface area contributed by atoms with Crippen LogP contribution in [0.5, 0.6) is 0 Å². The summed E-state index contributed by atoms with van der Waals surface area (Å²) in [6.45, 7) is 6.74. The van der Waals surface area contributed by atoms with Crippen LogP contribution in [-0.4, -0.2) is 35.9 Å². The Bertz CT molecular complexity index is 832. The molecule has 2 rings (SSSR count). The Hall–Kier alpha value is -3.22. The van der Waals surface area contributed by atoms with Crippen molar-refractivity contribution in [2.24, 2.45) is 5.92 Å². The number of rotatable bonds is 8. The van der Waals surface area contributed by atoms with Crippen LogP contribution in [-0.2, 0) is 4.74 Å². The molecule has 28 heavy (non-hydrogen) atoms. The zero-order chi connectivity index (χ0) is 20.5. The van der Waals surface area contributed by atoms with E-state index in [1.165, 1.54) is 6.07 Å². The first-order valence-electron chi connectivity index (χ1n) is 9.24. The van der Waals surface area contributed by atoms with Crippen molar-refractivity contribution in [3.05, 3.63) is 59.4 Å². The summed E-state index contributed by atoms with van der Waals surface area (Å²) in [5, 5.41) is 5.49. The lowest BCUT2D eigenvalue weighted by atomic mass is 10.1. The third-order valence-electron chi connectivity index (χ3n) is 3.88. The van der Waals surface area contributed by atoms with Gasteiger partial charge in [0, 0.05) is 12.2 Å². The number of pyridine rings is 1. The van der Waals surface area contributed by atoms with Crippen LogP contribution in [0.3, 0.4) is 0 Å². The molecular formula is C21H25N3O4. The first-order valence-corrected chi connectivity index (χ1v) is 9.24. The van der Waals surface area contributed by atoms with Crippen molar-refractivity contribution in [2.45, 2.75) is 27.2 Å². The lowest BCUT2D eigenvalue weighted by Gasteiger charge is -2.09. The molecule has 0 aliphatic carbocycles. The second-order valence-electron chi connectivity index (χ2n) is 6.60. The van der Waals surface area contributed by atoms with Gasteiger partial charge in [-0.2, -0.15) is 0 Å². The number of esters is 1. The number of anilines is 1. The number of nitrogens with one attached hydrogen (secondary N) is 2. The maximum Gasteiger partial charge on any atom is 0.338 e. The van der Waals surface area contributed by atoms with E-state index in [4.69, 9.17) is 4.74 Å². The Kier molecular flexibility index (Phi) is 7.68. The van der Waals surface area contributed by atoms with Crippen LogP contribution >= 0.6 is 0 Å². The quantitative estimate of drug-likeness (QED) is 0.682. The molecule has 0 saturated heterocycles. The number of benzene rings is 1. The van der Waals surface area contributed by atoms with Gasteiger partial charge in [-0.3, -0.25) is 9.59 Å². The molecule has 2 aromatic rings. The molecule has 1 aromatic heterocycles. The molecule has 0 fully saturated rings. The van der Waals surface area contributed by atoms with Crippen molar-refractivity contribution >= 4 is 23.5 Å². The fourth-order valence-corrected chi connectivity index (χ4v) is 2.35. The van der Waals surface area contributed by atoms with Crippen molar-refractivity contribution < 1.29 is 19.1 Å². The number of carbonyl (C=O) groups excluding carboxylic acids is 3. The Balaban J connectivity index is 2.00. The minimum atomic E-state index is -0.444. The zero-order valence-electron chi connectivity index (χ0n) is 16.3. The van der Waals surface area contributed by atoms with Crippen LogP contribution in [0.4, 0.5) is 5.69 Å². The van der Waals surface area contributed by atoms with Gasteiger partial charge in [-0.05, 0) is 55.7 Å². The molecule has 2 N–H and O–H groups in total. The lowest BCUT2D eigenvalue weighted by Crippen LogP contribution is -2.27. The molecule has 0 radical (unpaired) electrons. The summed E-state index contributed by atoms with van der Waals surface area (Å²) in [5.41, 5.74) is 1.23. The van der Waals surface area contributed by atoms with E-state index in [2.05, 4.69) is 29.5 Å². The number of carbonyl (C=O) groups is 3. The van der Waals surface area contributed by atoms with Gasteiger partial charge in [-0.15, -0.1) is 0 Å². The van der Waals surface area contributed by atoms with Crippen LogP contribution in [0, 0.1) is 5.92 Å². The number of amides is 2. The second kappa shape index (κ2) is 10.2. The monoisotopic (exact) mass is 383 g/mol. The average Bonchev–Trinajstić information content (AvgIpc) is 2.68. The van der Waals surface area contributed by atoms with Crippen molar-refractivity contribution in [1.29, 1.82) is 0 Å². The fraction of sp³-hybridized carbons (Fsp3) is 0.333. The third-order valence-corrected chi connectivity index (χ3v) is 3.88. The molecule has 0 atom stereocenters. The predicted molar refractivity (Wildman–Crippen MR) is 106 cm³/mol. The molecule has 0 spiro atoms. The van der Waals surface area contributed by atoms with Crippen molar-refractivity contribution in [2.75, 3.05) is 18.5 Å². The average molecular weight is 383 g/mol. The largest absolute Gasteiger partial charge is 0.462 e. The van der Waals surface area contributed by atoms with Gasteiger partial charge >= 0.3 is 5.97 Å². The highest BCUT2D eigenvalue weighted by molar-refractivity contribution is 6.04. The molecule has 0 unspecified atom stereocenters. The van der Waals surface area contributed by atoms with Gasteiger partial charge in [0.25, 0.3) is 11.8 Å². The van der Waals surface area contributed by atoms with E-state index in [1.807, 2.05) is 0 Å². The van der Waals surface area contributed by atoms with Gasteiger partial charge in [0.1, 0.15) is 11.4 Å². The standard InChI is InChI=1S/C21H25N3O4/c1-4-28-21(27)15-8-10-16(11-9-15)23-20(26)18-7-5-6-17(24-18)19(25)22-13-12-14(2)3/h5-11,14H,4,12-13H2,1-3H3,(H,22,25)(H,23,26). The fourth-order valence-electron chi connectivity index (χ4n) is 2.35. The van der Waals surface area contributed by atoms with Gasteiger partial charge in [-0.1, -0.05) is 19.9 Å². The van der Waals surface area contributed by atoms with E-state index >= 15 is 0 Å². The highest BCUT2D eigenvalue weighted by Gasteiger charge is 2.13. The first-order chi connectivity index (χ1) is 13.4. The van der Waals surface area contributed by atoms with E-state index in [9.17, 15) is 14.4 Å². The lowest BCUT2D eigenvalue weighted by molar-refractivity contribution is 0.0526. The maximum absolute atomic E-state index is 12.4. The van der Waals surface area contributed by atoms with Crippen LogP contribution < -0.4 is 10.6 Å². The number of hydrogen-bond donors (Lipinski definition) is 2. The predicted octanol–water partition coefficient (Wildman–Crippen LogP) is 3.29. The summed E-state index contributed by atoms with van der Waals surface area (Å²) in [5.74, 6) is -0.686. The van der Waals surface area contributed by atoms with Gasteiger partial charge in [0.2, 0.25) is 0 Å². The number of hydrogen-bond acceptors (Lipinski definition) is 5. The molecule has 7 heteroatoms. The number of nitrogens with zero attached hydrogens (tertiary/aromatic N) is 1. The van der Waals surface area contributed by atoms with Crippen molar-refractivity contribution in [3.8, 4) is 0 Å². The summed E-state index contributed by atoms with van der Waals surface area (Å²) in [6.07, 6.45) is 0.869. The van der Waals surface area contributed by atoms with Gasteiger partial charge in [0.15, 0.2) is 0 Å². The summed E-state index contributed by atoms with van der Waals surface area (Å²) >= 11 is 0. The Morgan fingerprint density at radius 3 is 2.25 bits per heavy atom. The van der Waals surface area contributed by atoms with Gasteiger partial charge in [-0.25, -0.2) is 9.78 Å². The molecule has 1 aromatic carbocycles. The van der Waals surface area contributed by atoms with E-state index in [0.29, 0.717) is 30.3 Å². The van der Waals surface area contributed by atoms with Crippen LogP contribution in [0.2, 0.25) is 0 Å². The topological polar surface area (TPSA) is 97.4 Å². The highest BCUT2D eigenvalue weighted by atomic mass is 16.5. The van der Waals surface area contributed by atoms with E-state index in [0.717, 1.165) is 6.42 Å². The second-order valence-corrected chi connectivity index (χ2v) is 6.60. The Morgan fingerprint density at radius 2 is 1.64 bits per heavy atom. The number of aromatic nitrogens is 1. The highest BCUT2D eigenvalue weighted by Crippen LogP contribution is 2.12. The van der Waals surface area contributed by atoms with Crippen molar-refractivity contribution in [3.63, 3.8) is 0 Å². The molecule has 2 amide bonds. The third kappa shape index (κ3) is 6.19. The molecular weight excluding hydrogens is 358 g/mol. The SMILES string of the molecule is CCOC(=O)c1ccc(NC(=O)c2cccc(C(=O)NCCC(C)C)n2)cc1. The molecule has 148 valence electrons. The van der Waals surface area contributed by atoms with Crippen LogP contribution in [0.15, 0.2) is 42.5 Å². The Labute approximate surface area is 164 Å². The van der Waals surface area contributed by atoms with E-state index in [1.54, 1.807) is 43.3 Å². The molecule has 1 heterocycles. The van der Waals surface area contributed by atoms with Crippen LogP contribution in [0.25, 0.3) is 0 Å². The minimum absolute atomic E-state index is 0.131. The van der Waals surface area contributed by atoms with Gasteiger partial charge < -0.3 is 15.4 Å². The molecule has 7 nitrogen and oxygen atoms in total. The molecule has 0 aliphatic heterocycles. The minimum Gasteiger partial charge on any atom is -0.462 e. The zero-order valence-corrected chi connectivity index (χ0v) is 16.3. The Morgan fingerprint density at radius 1 is 1.00 bits per heavy atom. The summed E-state index contributed by atoms with van der Waals surface area (Å²) in [7, 11) is 0. The first kappa shape index (κ1) is 21.1. The molecule has 0 aliphatic rings. The molecule has 0 bridgehead atoms. The summed E-state index contributed by atoms with van der Waals surface area (Å²) in [6, 6.07) is 11.1. The van der Waals surface area contributed by atoms with Crippen LogP contribution in [0.1, 0.15) is 58.5 Å². The smallest absolute Gasteiger partial charge is 0.338 e. The number of ether oxygens (including phenoxy) is 1. The summed E-state index contributed by atoms with van der Waals surface area (Å²) < 4.78 is 4.92. The summed E-state index contributed by atoms with van der Waals surface area (Å²) in [4.78, 5) is 40.4. The maximum atomic E-state index is 12.4.